The highest BCUT2D eigenvalue weighted by Crippen LogP contribution is 2.28. The van der Waals surface area contributed by atoms with Crippen molar-refractivity contribution >= 4 is 11.0 Å². The molecule has 0 saturated carbocycles. The molecule has 2 aromatic carbocycles. The summed E-state index contributed by atoms with van der Waals surface area (Å²) < 4.78 is 9.60. The minimum Gasteiger partial charge on any atom is -0.471 e. The number of pyridine rings is 1. The third-order valence-corrected chi connectivity index (χ3v) is 4.69. The number of benzene rings is 2. The van der Waals surface area contributed by atoms with E-state index in [-0.39, 0.29) is 0 Å². The van der Waals surface area contributed by atoms with E-state index < -0.39 is 0 Å². The molecular weight excluding hydrogens is 364 g/mol. The molecule has 0 bridgehead atoms. The molecule has 3 aromatic heterocycles. The highest BCUT2D eigenvalue weighted by atomic mass is 16.5. The van der Waals surface area contributed by atoms with Crippen molar-refractivity contribution in [3.8, 4) is 22.7 Å². The molecule has 0 amide bonds. The van der Waals surface area contributed by atoms with Gasteiger partial charge in [0, 0.05) is 25.6 Å². The second-order valence-electron chi connectivity index (χ2n) is 6.70. The minimum atomic E-state index is 0.424. The fraction of sp³-hybridized carbons (Fsp3) is 0.0909. The first-order chi connectivity index (χ1) is 14.3. The summed E-state index contributed by atoms with van der Waals surface area (Å²) in [6.45, 7) is 0.424. The number of hydrogen-bond acceptors (Lipinski definition) is 5. The zero-order valence-corrected chi connectivity index (χ0v) is 15.8. The molecule has 0 aliphatic carbocycles. The molecule has 7 nitrogen and oxygen atoms in total. The average molecular weight is 382 g/mol. The molecule has 0 aliphatic rings. The van der Waals surface area contributed by atoms with Gasteiger partial charge in [-0.05, 0) is 47.5 Å². The van der Waals surface area contributed by atoms with Gasteiger partial charge in [0.25, 0.3) is 0 Å². The predicted octanol–water partition coefficient (Wildman–Crippen LogP) is 3.80. The van der Waals surface area contributed by atoms with Crippen LogP contribution in [0.3, 0.4) is 0 Å². The van der Waals surface area contributed by atoms with Crippen molar-refractivity contribution in [1.29, 1.82) is 0 Å². The molecule has 5 rings (SSSR count). The number of nitrogens with zero attached hydrogens (tertiary/aromatic N) is 6. The van der Waals surface area contributed by atoms with E-state index in [0.29, 0.717) is 12.5 Å². The topological polar surface area (TPSA) is 70.7 Å². The van der Waals surface area contributed by atoms with E-state index in [1.165, 1.54) is 0 Å². The maximum atomic E-state index is 6.01. The summed E-state index contributed by atoms with van der Waals surface area (Å²) >= 11 is 0. The van der Waals surface area contributed by atoms with Crippen molar-refractivity contribution in [3.63, 3.8) is 0 Å². The van der Waals surface area contributed by atoms with Gasteiger partial charge < -0.3 is 4.74 Å². The normalized spacial score (nSPS) is 11.1. The molecule has 0 unspecified atom stereocenters. The lowest BCUT2D eigenvalue weighted by Crippen LogP contribution is -2.00. The van der Waals surface area contributed by atoms with Crippen LogP contribution in [-0.2, 0) is 13.7 Å². The van der Waals surface area contributed by atoms with Crippen LogP contribution >= 0.6 is 0 Å². The fourth-order valence-electron chi connectivity index (χ4n) is 3.25. The van der Waals surface area contributed by atoms with Gasteiger partial charge in [0.05, 0.1) is 16.8 Å². The van der Waals surface area contributed by atoms with Crippen molar-refractivity contribution in [3.05, 3.63) is 84.8 Å². The van der Waals surface area contributed by atoms with Crippen LogP contribution in [-0.4, -0.2) is 29.8 Å². The van der Waals surface area contributed by atoms with Crippen LogP contribution in [0.1, 0.15) is 5.56 Å². The monoisotopic (exact) mass is 382 g/mol. The highest BCUT2D eigenvalue weighted by Gasteiger charge is 2.12. The maximum absolute atomic E-state index is 6.01. The molecule has 0 N–H and O–H groups in total. The second-order valence-corrected chi connectivity index (χ2v) is 6.70. The molecule has 5 aromatic rings. The Hall–Kier alpha value is -4.00. The Bertz CT molecular complexity index is 1260. The Labute approximate surface area is 167 Å². The van der Waals surface area contributed by atoms with Gasteiger partial charge in [-0.15, -0.1) is 10.2 Å². The smallest absolute Gasteiger partial charge is 0.241 e. The Morgan fingerprint density at radius 2 is 1.72 bits per heavy atom. The summed E-state index contributed by atoms with van der Waals surface area (Å²) in [7, 11) is 1.88. The van der Waals surface area contributed by atoms with Gasteiger partial charge in [0.1, 0.15) is 12.1 Å². The van der Waals surface area contributed by atoms with E-state index in [9.17, 15) is 0 Å². The molecule has 0 atom stereocenters. The third kappa shape index (κ3) is 3.34. The summed E-state index contributed by atoms with van der Waals surface area (Å²) in [5, 5.41) is 12.9. The molecular formula is C22H18N6O. The van der Waals surface area contributed by atoms with Gasteiger partial charge in [-0.25, -0.2) is 4.68 Å². The number of rotatable bonds is 5. The zero-order valence-electron chi connectivity index (χ0n) is 15.8. The Morgan fingerprint density at radius 3 is 2.55 bits per heavy atom. The molecule has 0 fully saturated rings. The van der Waals surface area contributed by atoms with Gasteiger partial charge in [0.2, 0.25) is 5.88 Å². The van der Waals surface area contributed by atoms with Gasteiger partial charge in [0.15, 0.2) is 0 Å². The first-order valence-corrected chi connectivity index (χ1v) is 9.24. The largest absolute Gasteiger partial charge is 0.471 e. The van der Waals surface area contributed by atoms with Crippen molar-refractivity contribution in [2.24, 2.45) is 7.05 Å². The number of aryl methyl sites for hydroxylation is 1. The van der Waals surface area contributed by atoms with Gasteiger partial charge in [-0.1, -0.05) is 29.5 Å². The van der Waals surface area contributed by atoms with Crippen molar-refractivity contribution in [2.45, 2.75) is 6.61 Å². The number of fused-ring (bicyclic) bond motifs is 1. The van der Waals surface area contributed by atoms with Gasteiger partial charge in [-0.2, -0.15) is 0 Å². The number of ether oxygens (including phenoxy) is 1. The van der Waals surface area contributed by atoms with Crippen molar-refractivity contribution in [1.82, 2.24) is 29.8 Å². The molecule has 0 aliphatic heterocycles. The number of aromatic nitrogens is 6. The van der Waals surface area contributed by atoms with Crippen molar-refractivity contribution in [2.75, 3.05) is 0 Å². The van der Waals surface area contributed by atoms with E-state index in [4.69, 9.17) is 4.74 Å². The SMILES string of the molecule is Cn1cc(-c2ccncc2)c(OCc2ccc(-n3nnc4ccccc43)cc2)n1. The lowest BCUT2D eigenvalue weighted by molar-refractivity contribution is 0.292. The van der Waals surface area contributed by atoms with Crippen LogP contribution < -0.4 is 4.74 Å². The molecule has 3 heterocycles. The van der Waals surface area contributed by atoms with Crippen LogP contribution in [0.2, 0.25) is 0 Å². The Kier molecular flexibility index (Phi) is 4.25. The molecule has 0 spiro atoms. The summed E-state index contributed by atoms with van der Waals surface area (Å²) in [4.78, 5) is 4.07. The van der Waals surface area contributed by atoms with E-state index in [0.717, 1.165) is 33.4 Å². The van der Waals surface area contributed by atoms with Crippen LogP contribution in [0, 0.1) is 0 Å². The first kappa shape index (κ1) is 17.1. The lowest BCUT2D eigenvalue weighted by atomic mass is 10.1. The van der Waals surface area contributed by atoms with Crippen LogP contribution in [0.4, 0.5) is 0 Å². The first-order valence-electron chi connectivity index (χ1n) is 9.24. The number of hydrogen-bond donors (Lipinski definition) is 0. The van der Waals surface area contributed by atoms with E-state index in [1.807, 2.05) is 78.6 Å². The molecule has 29 heavy (non-hydrogen) atoms. The summed E-state index contributed by atoms with van der Waals surface area (Å²) in [6, 6.07) is 19.9. The van der Waals surface area contributed by atoms with Gasteiger partial charge >= 0.3 is 0 Å². The maximum Gasteiger partial charge on any atom is 0.241 e. The van der Waals surface area contributed by atoms with E-state index >= 15 is 0 Å². The second kappa shape index (κ2) is 7.20. The van der Waals surface area contributed by atoms with Crippen LogP contribution in [0.5, 0.6) is 5.88 Å². The van der Waals surface area contributed by atoms with E-state index in [1.54, 1.807) is 17.1 Å². The molecule has 0 radical (unpaired) electrons. The zero-order chi connectivity index (χ0) is 19.6. The standard InChI is InChI=1S/C22H18N6O/c1-27-14-19(17-10-12-23-13-11-17)22(25-27)29-15-16-6-8-18(9-7-16)28-21-5-3-2-4-20(21)24-26-28/h2-14H,15H2,1H3. The predicted molar refractivity (Wildman–Crippen MR) is 110 cm³/mol. The quantitative estimate of drug-likeness (QED) is 0.462. The van der Waals surface area contributed by atoms with Crippen molar-refractivity contribution < 1.29 is 4.74 Å². The minimum absolute atomic E-state index is 0.424. The lowest BCUT2D eigenvalue weighted by Gasteiger charge is -2.07. The van der Waals surface area contributed by atoms with Gasteiger partial charge in [-0.3, -0.25) is 9.67 Å². The third-order valence-electron chi connectivity index (χ3n) is 4.69. The Morgan fingerprint density at radius 1 is 0.931 bits per heavy atom. The van der Waals surface area contributed by atoms with Crippen LogP contribution in [0.15, 0.2) is 79.3 Å². The van der Waals surface area contributed by atoms with E-state index in [2.05, 4.69) is 20.4 Å². The highest BCUT2D eigenvalue weighted by molar-refractivity contribution is 5.75. The molecule has 142 valence electrons. The Balaban J connectivity index is 1.35. The summed E-state index contributed by atoms with van der Waals surface area (Å²) in [5.74, 6) is 0.602. The molecule has 0 saturated heterocycles. The van der Waals surface area contributed by atoms with Crippen LogP contribution in [0.25, 0.3) is 27.8 Å². The summed E-state index contributed by atoms with van der Waals surface area (Å²) in [6.07, 6.45) is 5.47. The molecule has 7 heteroatoms. The average Bonchev–Trinajstić information content (AvgIpc) is 3.37. The number of para-hydroxylation sites is 1. The summed E-state index contributed by atoms with van der Waals surface area (Å²) in [5.41, 5.74) is 5.82. The fourth-order valence-corrected chi connectivity index (χ4v) is 3.25.